The van der Waals surface area contributed by atoms with E-state index in [-0.39, 0.29) is 6.09 Å². The lowest BCUT2D eigenvalue weighted by Crippen LogP contribution is -2.37. The summed E-state index contributed by atoms with van der Waals surface area (Å²) in [7, 11) is 0. The Hall–Kier alpha value is -0.990. The first-order chi connectivity index (χ1) is 6.40. The number of carbonyl (C=O) groups is 1. The minimum atomic E-state index is -0.408. The molecule has 0 N–H and O–H groups in total. The minimum absolute atomic E-state index is 0.231. The summed E-state index contributed by atoms with van der Waals surface area (Å²) >= 11 is 0. The molecule has 0 aromatic carbocycles. The molecule has 0 radical (unpaired) electrons. The molecular formula is C11H19NO2. The second kappa shape index (κ2) is 4.03. The standard InChI is InChI=1S/C11H19NO2/c1-9-7-5-6-8-12(9)10(13)14-11(2,3)4/h7H,5-6,8H2,1-4H3. The van der Waals surface area contributed by atoms with Crippen molar-refractivity contribution in [2.75, 3.05) is 6.54 Å². The molecule has 1 aliphatic heterocycles. The van der Waals surface area contributed by atoms with Gasteiger partial charge in [-0.3, -0.25) is 4.90 Å². The number of hydrogen-bond donors (Lipinski definition) is 0. The highest BCUT2D eigenvalue weighted by molar-refractivity contribution is 5.70. The van der Waals surface area contributed by atoms with Gasteiger partial charge in [0.1, 0.15) is 5.60 Å². The van der Waals surface area contributed by atoms with Crippen molar-refractivity contribution >= 4 is 6.09 Å². The quantitative estimate of drug-likeness (QED) is 0.597. The third kappa shape index (κ3) is 3.05. The lowest BCUT2D eigenvalue weighted by Gasteiger charge is -2.29. The fourth-order valence-corrected chi connectivity index (χ4v) is 1.40. The number of ether oxygens (including phenoxy) is 1. The van der Waals surface area contributed by atoms with Crippen molar-refractivity contribution in [3.05, 3.63) is 11.8 Å². The van der Waals surface area contributed by atoms with Gasteiger partial charge in [-0.05, 0) is 40.5 Å². The van der Waals surface area contributed by atoms with E-state index >= 15 is 0 Å². The molecular weight excluding hydrogens is 178 g/mol. The molecule has 1 amide bonds. The maximum atomic E-state index is 11.7. The van der Waals surface area contributed by atoms with Crippen molar-refractivity contribution in [3.8, 4) is 0 Å². The molecule has 0 aromatic heterocycles. The lowest BCUT2D eigenvalue weighted by molar-refractivity contribution is 0.0304. The van der Waals surface area contributed by atoms with Crippen LogP contribution in [0.1, 0.15) is 40.5 Å². The van der Waals surface area contributed by atoms with Crippen LogP contribution >= 0.6 is 0 Å². The number of amides is 1. The van der Waals surface area contributed by atoms with E-state index in [9.17, 15) is 4.79 Å². The number of carbonyl (C=O) groups excluding carboxylic acids is 1. The zero-order valence-electron chi connectivity index (χ0n) is 9.46. The Morgan fingerprint density at radius 2 is 2.14 bits per heavy atom. The van der Waals surface area contributed by atoms with Gasteiger partial charge in [-0.2, -0.15) is 0 Å². The SMILES string of the molecule is CC1=CCCCN1C(=O)OC(C)(C)C. The smallest absolute Gasteiger partial charge is 0.414 e. The molecule has 0 fully saturated rings. The van der Waals surface area contributed by atoms with E-state index in [0.29, 0.717) is 0 Å². The zero-order chi connectivity index (χ0) is 10.8. The van der Waals surface area contributed by atoms with Crippen molar-refractivity contribution in [2.45, 2.75) is 46.1 Å². The van der Waals surface area contributed by atoms with Gasteiger partial charge in [-0.25, -0.2) is 4.79 Å². The third-order valence-corrected chi connectivity index (χ3v) is 2.07. The summed E-state index contributed by atoms with van der Waals surface area (Å²) in [5.41, 5.74) is 0.597. The average Bonchev–Trinajstić information content (AvgIpc) is 2.01. The summed E-state index contributed by atoms with van der Waals surface area (Å²) in [5, 5.41) is 0. The molecule has 0 saturated heterocycles. The van der Waals surface area contributed by atoms with Gasteiger partial charge in [-0.1, -0.05) is 6.08 Å². The van der Waals surface area contributed by atoms with Gasteiger partial charge in [0.25, 0.3) is 0 Å². The number of allylic oxidation sites excluding steroid dienone is 2. The molecule has 0 aliphatic carbocycles. The van der Waals surface area contributed by atoms with Crippen LogP contribution in [-0.2, 0) is 4.74 Å². The van der Waals surface area contributed by atoms with Gasteiger partial charge in [-0.15, -0.1) is 0 Å². The predicted octanol–water partition coefficient (Wildman–Crippen LogP) is 2.92. The summed E-state index contributed by atoms with van der Waals surface area (Å²) in [6.07, 6.45) is 3.93. The van der Waals surface area contributed by atoms with Crippen molar-refractivity contribution in [1.82, 2.24) is 4.90 Å². The Balaban J connectivity index is 2.60. The first-order valence-corrected chi connectivity index (χ1v) is 5.07. The van der Waals surface area contributed by atoms with Crippen molar-refractivity contribution in [2.24, 2.45) is 0 Å². The van der Waals surface area contributed by atoms with Gasteiger partial charge >= 0.3 is 6.09 Å². The maximum absolute atomic E-state index is 11.7. The van der Waals surface area contributed by atoms with Gasteiger partial charge in [0.2, 0.25) is 0 Å². The maximum Gasteiger partial charge on any atom is 0.414 e. The van der Waals surface area contributed by atoms with Crippen LogP contribution < -0.4 is 0 Å². The summed E-state index contributed by atoms with van der Waals surface area (Å²) < 4.78 is 5.29. The topological polar surface area (TPSA) is 29.5 Å². The van der Waals surface area contributed by atoms with Gasteiger partial charge in [0.15, 0.2) is 0 Å². The lowest BCUT2D eigenvalue weighted by atomic mass is 10.2. The van der Waals surface area contributed by atoms with E-state index in [4.69, 9.17) is 4.74 Å². The second-order valence-electron chi connectivity index (χ2n) is 4.62. The summed E-state index contributed by atoms with van der Waals surface area (Å²) in [6.45, 7) is 8.37. The van der Waals surface area contributed by atoms with Gasteiger partial charge in [0.05, 0.1) is 0 Å². The van der Waals surface area contributed by atoms with Crippen LogP contribution in [0.2, 0.25) is 0 Å². The first kappa shape index (κ1) is 11.1. The van der Waals surface area contributed by atoms with Crippen LogP contribution in [0.4, 0.5) is 4.79 Å². The highest BCUT2D eigenvalue weighted by Crippen LogP contribution is 2.18. The van der Waals surface area contributed by atoms with Gasteiger partial charge < -0.3 is 4.74 Å². The van der Waals surface area contributed by atoms with E-state index in [0.717, 1.165) is 25.1 Å². The van der Waals surface area contributed by atoms with Gasteiger partial charge in [0, 0.05) is 12.2 Å². The Kier molecular flexibility index (Phi) is 3.19. The first-order valence-electron chi connectivity index (χ1n) is 5.07. The van der Waals surface area contributed by atoms with Crippen molar-refractivity contribution in [3.63, 3.8) is 0 Å². The van der Waals surface area contributed by atoms with Crippen molar-refractivity contribution < 1.29 is 9.53 Å². The largest absolute Gasteiger partial charge is 0.443 e. The van der Waals surface area contributed by atoms with E-state index in [1.807, 2.05) is 27.7 Å². The normalized spacial score (nSPS) is 17.7. The highest BCUT2D eigenvalue weighted by atomic mass is 16.6. The molecule has 80 valence electrons. The fourth-order valence-electron chi connectivity index (χ4n) is 1.40. The number of hydrogen-bond acceptors (Lipinski definition) is 2. The van der Waals surface area contributed by atoms with Crippen LogP contribution in [0.5, 0.6) is 0 Å². The van der Waals surface area contributed by atoms with Crippen LogP contribution in [-0.4, -0.2) is 23.1 Å². The summed E-state index contributed by atoms with van der Waals surface area (Å²) in [5.74, 6) is 0. The third-order valence-electron chi connectivity index (χ3n) is 2.07. The predicted molar refractivity (Wildman–Crippen MR) is 55.9 cm³/mol. The van der Waals surface area contributed by atoms with Crippen LogP contribution in [0.25, 0.3) is 0 Å². The molecule has 14 heavy (non-hydrogen) atoms. The number of rotatable bonds is 0. The van der Waals surface area contributed by atoms with Crippen LogP contribution in [0.3, 0.4) is 0 Å². The minimum Gasteiger partial charge on any atom is -0.443 e. The highest BCUT2D eigenvalue weighted by Gasteiger charge is 2.23. The monoisotopic (exact) mass is 197 g/mol. The van der Waals surface area contributed by atoms with Crippen LogP contribution in [0.15, 0.2) is 11.8 Å². The Morgan fingerprint density at radius 1 is 1.50 bits per heavy atom. The molecule has 1 aliphatic rings. The van der Waals surface area contributed by atoms with Crippen LogP contribution in [0, 0.1) is 0 Å². The molecule has 0 aromatic rings. The summed E-state index contributed by atoms with van der Waals surface area (Å²) in [4.78, 5) is 13.4. The molecule has 0 saturated carbocycles. The molecule has 3 heteroatoms. The number of nitrogens with zero attached hydrogens (tertiary/aromatic N) is 1. The fraction of sp³-hybridized carbons (Fsp3) is 0.727. The molecule has 1 heterocycles. The molecule has 0 unspecified atom stereocenters. The Bertz CT molecular complexity index is 251. The molecule has 0 bridgehead atoms. The van der Waals surface area contributed by atoms with E-state index < -0.39 is 5.60 Å². The average molecular weight is 197 g/mol. The Morgan fingerprint density at radius 3 is 2.64 bits per heavy atom. The van der Waals surface area contributed by atoms with Crippen molar-refractivity contribution in [1.29, 1.82) is 0 Å². The zero-order valence-corrected chi connectivity index (χ0v) is 9.46. The molecule has 1 rings (SSSR count). The van der Waals surface area contributed by atoms with E-state index in [2.05, 4.69) is 6.08 Å². The van der Waals surface area contributed by atoms with E-state index in [1.54, 1.807) is 4.90 Å². The Labute approximate surface area is 85.7 Å². The van der Waals surface area contributed by atoms with E-state index in [1.165, 1.54) is 0 Å². The molecule has 0 spiro atoms. The second-order valence-corrected chi connectivity index (χ2v) is 4.62. The summed E-state index contributed by atoms with van der Waals surface area (Å²) in [6, 6.07) is 0. The molecule has 0 atom stereocenters. The molecule has 3 nitrogen and oxygen atoms in total.